The van der Waals surface area contributed by atoms with Crippen LogP contribution in [-0.4, -0.2) is 51.1 Å². The van der Waals surface area contributed by atoms with Crippen LogP contribution in [-0.2, 0) is 29.1 Å². The van der Waals surface area contributed by atoms with Crippen LogP contribution >= 0.6 is 0 Å². The van der Waals surface area contributed by atoms with E-state index in [0.717, 1.165) is 27.9 Å². The van der Waals surface area contributed by atoms with Gasteiger partial charge in [0.05, 0.1) is 25.2 Å². The van der Waals surface area contributed by atoms with Gasteiger partial charge in [0.25, 0.3) is 5.91 Å². The van der Waals surface area contributed by atoms with Gasteiger partial charge in [0.1, 0.15) is 11.5 Å². The van der Waals surface area contributed by atoms with Crippen LogP contribution < -0.4 is 34.9 Å². The molecule has 240 valence electrons. The van der Waals surface area contributed by atoms with Crippen molar-refractivity contribution >= 4 is 11.9 Å². The molecule has 1 aromatic heterocycles. The molecule has 1 heterocycles. The summed E-state index contributed by atoms with van der Waals surface area (Å²) in [5.41, 5.74) is 6.14. The molecule has 0 saturated heterocycles. The number of carboxylic acid groups (broad SMARTS) is 1. The van der Waals surface area contributed by atoms with Crippen molar-refractivity contribution in [1.82, 2.24) is 9.88 Å². The number of carboxylic acids is 1. The molecule has 0 unspecified atom stereocenters. The number of halogens is 1. The number of aliphatic hydroxyl groups excluding tert-OH is 2. The van der Waals surface area contributed by atoms with Crippen molar-refractivity contribution in [2.75, 3.05) is 7.11 Å². The molecule has 10 heteroatoms. The Morgan fingerprint density at radius 2 is 1.50 bits per heavy atom. The Hall–Kier alpha value is -3.31. The molecule has 0 fully saturated rings. The van der Waals surface area contributed by atoms with E-state index < -0.39 is 24.6 Å². The molecule has 0 aliphatic heterocycles. The van der Waals surface area contributed by atoms with Gasteiger partial charge in [-0.1, -0.05) is 66.7 Å². The molecule has 0 saturated carbocycles. The number of nitrogens with zero attached hydrogens (tertiary/aromatic N) is 1. The number of ether oxygens (including phenoxy) is 1. The minimum absolute atomic E-state index is 0. The van der Waals surface area contributed by atoms with Crippen molar-refractivity contribution in [1.29, 1.82) is 0 Å². The Labute approximate surface area is 293 Å². The van der Waals surface area contributed by atoms with Gasteiger partial charge in [-0.15, -0.1) is 0 Å². The topological polar surface area (TPSA) is 121 Å². The largest absolute Gasteiger partial charge is 1.00 e. The van der Waals surface area contributed by atoms with Gasteiger partial charge in [0, 0.05) is 36.5 Å². The average molecular weight is 641 g/mol. The predicted molar refractivity (Wildman–Crippen MR) is 172 cm³/mol. The summed E-state index contributed by atoms with van der Waals surface area (Å²) >= 11 is 0. The SMILES string of the molecule is COCc1ccc(CNC(=O)c2c(-c3ccccc3)c(-c3ccc(F)cc3)c(CC[C@@H](O)C[C@@H](O)CC(=O)O)n2C(C)C)cc1.[H-].[Na+]. The first-order valence-corrected chi connectivity index (χ1v) is 15.1. The van der Waals surface area contributed by atoms with Crippen LogP contribution in [0.3, 0.4) is 0 Å². The Morgan fingerprint density at radius 3 is 2.09 bits per heavy atom. The van der Waals surface area contributed by atoms with Gasteiger partial charge < -0.3 is 31.4 Å². The van der Waals surface area contributed by atoms with E-state index in [0.29, 0.717) is 36.4 Å². The molecule has 4 rings (SSSR count). The smallest absolute Gasteiger partial charge is 1.00 e. The zero-order chi connectivity index (χ0) is 32.5. The summed E-state index contributed by atoms with van der Waals surface area (Å²) < 4.78 is 21.3. The summed E-state index contributed by atoms with van der Waals surface area (Å²) in [6.45, 7) is 4.75. The third kappa shape index (κ3) is 9.61. The van der Waals surface area contributed by atoms with Crippen molar-refractivity contribution in [2.45, 2.75) is 70.9 Å². The second-order valence-corrected chi connectivity index (χ2v) is 11.5. The first-order valence-electron chi connectivity index (χ1n) is 15.1. The molecule has 0 radical (unpaired) electrons. The fourth-order valence-electron chi connectivity index (χ4n) is 5.70. The van der Waals surface area contributed by atoms with Gasteiger partial charge >= 0.3 is 35.5 Å². The van der Waals surface area contributed by atoms with Crippen LogP contribution in [0.4, 0.5) is 4.39 Å². The van der Waals surface area contributed by atoms with Crippen molar-refractivity contribution in [3.05, 3.63) is 107 Å². The molecule has 8 nitrogen and oxygen atoms in total. The number of aromatic nitrogens is 1. The van der Waals surface area contributed by atoms with Gasteiger partial charge in [-0.25, -0.2) is 4.39 Å². The standard InChI is InChI=1S/C36H41FN2O6.Na.H/c1-23(2)39-31(18-17-29(40)19-30(41)20-32(42)43)33(27-13-15-28(37)16-14-27)34(26-7-5-4-6-8-26)35(39)36(44)38-21-24-9-11-25(12-10-24)22-45-3;;/h4-16,23,29-30,40-41H,17-22H2,1-3H3,(H,38,44)(H,42,43);;/q;+1;-1/t29-,30-;;/m1../s1. The maximum Gasteiger partial charge on any atom is 1.00 e. The number of carbonyl (C=O) groups is 2. The number of benzene rings is 3. The Kier molecular flexibility index (Phi) is 14.2. The van der Waals surface area contributed by atoms with Crippen molar-refractivity contribution in [2.24, 2.45) is 0 Å². The summed E-state index contributed by atoms with van der Waals surface area (Å²) in [6.07, 6.45) is -2.18. The van der Waals surface area contributed by atoms with Crippen LogP contribution in [0.5, 0.6) is 0 Å². The molecule has 4 N–H and O–H groups in total. The van der Waals surface area contributed by atoms with Gasteiger partial charge in [-0.2, -0.15) is 0 Å². The number of aliphatic carboxylic acids is 1. The van der Waals surface area contributed by atoms with Gasteiger partial charge in [-0.05, 0) is 67.5 Å². The number of amides is 1. The van der Waals surface area contributed by atoms with E-state index in [2.05, 4.69) is 5.32 Å². The van der Waals surface area contributed by atoms with E-state index in [4.69, 9.17) is 9.84 Å². The first-order chi connectivity index (χ1) is 21.6. The van der Waals surface area contributed by atoms with Crippen LogP contribution in [0.15, 0.2) is 78.9 Å². The van der Waals surface area contributed by atoms with E-state index in [1.807, 2.05) is 73.0 Å². The van der Waals surface area contributed by atoms with E-state index in [1.165, 1.54) is 12.1 Å². The van der Waals surface area contributed by atoms with Crippen LogP contribution in [0, 0.1) is 5.82 Å². The van der Waals surface area contributed by atoms with Gasteiger partial charge in [0.15, 0.2) is 0 Å². The third-order valence-electron chi connectivity index (χ3n) is 7.69. The number of hydrogen-bond donors (Lipinski definition) is 4. The van der Waals surface area contributed by atoms with E-state index in [9.17, 15) is 24.2 Å². The number of methoxy groups -OCH3 is 1. The van der Waals surface area contributed by atoms with Crippen molar-refractivity contribution in [3.8, 4) is 22.3 Å². The predicted octanol–water partition coefficient (Wildman–Crippen LogP) is 3.25. The molecule has 0 spiro atoms. The summed E-state index contributed by atoms with van der Waals surface area (Å²) in [7, 11) is 1.64. The normalized spacial score (nSPS) is 12.4. The van der Waals surface area contributed by atoms with Crippen LogP contribution in [0.25, 0.3) is 22.3 Å². The maximum atomic E-state index is 14.2. The molecular formula is C36H42FN2NaO6. The first kappa shape index (κ1) is 37.2. The molecule has 3 aromatic carbocycles. The number of hydrogen-bond acceptors (Lipinski definition) is 5. The van der Waals surface area contributed by atoms with Crippen LogP contribution in [0.1, 0.15) is 67.9 Å². The number of rotatable bonds is 15. The summed E-state index contributed by atoms with van der Waals surface area (Å²) in [6, 6.07) is 23.3. The number of carbonyl (C=O) groups excluding carboxylic acids is 1. The van der Waals surface area contributed by atoms with E-state index in [1.54, 1.807) is 19.2 Å². The maximum absolute atomic E-state index is 14.2. The summed E-state index contributed by atoms with van der Waals surface area (Å²) in [5, 5.41) is 33.0. The Morgan fingerprint density at radius 1 is 0.891 bits per heavy atom. The minimum atomic E-state index is -1.18. The fraction of sp³-hybridized carbons (Fsp3) is 0.333. The van der Waals surface area contributed by atoms with Crippen LogP contribution in [0.2, 0.25) is 0 Å². The fourth-order valence-corrected chi connectivity index (χ4v) is 5.70. The van der Waals surface area contributed by atoms with Gasteiger partial charge in [-0.3, -0.25) is 9.59 Å². The quantitative estimate of drug-likeness (QED) is 0.148. The van der Waals surface area contributed by atoms with E-state index in [-0.39, 0.29) is 61.6 Å². The summed E-state index contributed by atoms with van der Waals surface area (Å²) in [4.78, 5) is 25.2. The minimum Gasteiger partial charge on any atom is -1.00 e. The molecule has 0 bridgehead atoms. The number of nitrogens with one attached hydrogen (secondary N) is 1. The van der Waals surface area contributed by atoms with E-state index >= 15 is 0 Å². The summed E-state index contributed by atoms with van der Waals surface area (Å²) in [5.74, 6) is -1.81. The zero-order valence-corrected chi connectivity index (χ0v) is 28.9. The Bertz CT molecular complexity index is 1580. The van der Waals surface area contributed by atoms with Crippen molar-refractivity contribution in [3.63, 3.8) is 0 Å². The monoisotopic (exact) mass is 640 g/mol. The molecular weight excluding hydrogens is 598 g/mol. The van der Waals surface area contributed by atoms with Gasteiger partial charge in [0.2, 0.25) is 0 Å². The average Bonchev–Trinajstić information content (AvgIpc) is 3.35. The molecule has 0 aliphatic rings. The molecule has 2 atom stereocenters. The molecule has 4 aromatic rings. The second-order valence-electron chi connectivity index (χ2n) is 11.5. The van der Waals surface area contributed by atoms with Crippen molar-refractivity contribution < 1.29 is 65.0 Å². The molecule has 1 amide bonds. The zero-order valence-electron chi connectivity index (χ0n) is 27.9. The molecule has 0 aliphatic carbocycles. The third-order valence-corrected chi connectivity index (χ3v) is 7.69. The second kappa shape index (κ2) is 17.6. The molecule has 46 heavy (non-hydrogen) atoms. The Balaban J connectivity index is 0.00000384. The number of aliphatic hydroxyl groups is 2.